The maximum Gasteiger partial charge on any atom is 0.237 e. The highest BCUT2D eigenvalue weighted by Crippen LogP contribution is 2.26. The molecule has 0 amide bonds. The van der Waals surface area contributed by atoms with Crippen LogP contribution < -0.4 is 10.1 Å². The van der Waals surface area contributed by atoms with E-state index in [1.54, 1.807) is 6.20 Å². The van der Waals surface area contributed by atoms with Gasteiger partial charge >= 0.3 is 0 Å². The van der Waals surface area contributed by atoms with E-state index in [4.69, 9.17) is 4.74 Å². The van der Waals surface area contributed by atoms with E-state index in [9.17, 15) is 0 Å². The van der Waals surface area contributed by atoms with Crippen LogP contribution in [0.4, 0.5) is 5.69 Å². The molecule has 1 heterocycles. The predicted molar refractivity (Wildman–Crippen MR) is 88.0 cm³/mol. The summed E-state index contributed by atoms with van der Waals surface area (Å²) in [6, 6.07) is 12.9. The van der Waals surface area contributed by atoms with E-state index in [0.717, 1.165) is 5.69 Å². The zero-order valence-electron chi connectivity index (χ0n) is 13.3. The lowest BCUT2D eigenvalue weighted by atomic mass is 9.99. The molecule has 0 aliphatic heterocycles. The number of nitrogens with zero attached hydrogens (tertiary/aromatic N) is 1. The molecular weight excluding hydrogens is 260 g/mol. The van der Waals surface area contributed by atoms with Gasteiger partial charge in [-0.25, -0.2) is 4.98 Å². The first-order chi connectivity index (χ1) is 10.1. The van der Waals surface area contributed by atoms with Crippen LogP contribution in [0.25, 0.3) is 0 Å². The number of ether oxygens (including phenoxy) is 1. The molecule has 21 heavy (non-hydrogen) atoms. The van der Waals surface area contributed by atoms with Crippen molar-refractivity contribution in [3.05, 3.63) is 53.7 Å². The molecule has 0 radical (unpaired) electrons. The van der Waals surface area contributed by atoms with Gasteiger partial charge in [0.15, 0.2) is 0 Å². The average Bonchev–Trinajstić information content (AvgIpc) is 2.49. The molecule has 1 N–H and O–H groups in total. The fourth-order valence-electron chi connectivity index (χ4n) is 2.24. The fraction of sp³-hybridized carbons (Fsp3) is 0.389. The topological polar surface area (TPSA) is 34.1 Å². The Bertz CT molecular complexity index is 564. The molecule has 0 aliphatic rings. The van der Waals surface area contributed by atoms with Gasteiger partial charge < -0.3 is 10.1 Å². The van der Waals surface area contributed by atoms with Crippen LogP contribution >= 0.6 is 0 Å². The fourth-order valence-corrected chi connectivity index (χ4v) is 2.24. The quantitative estimate of drug-likeness (QED) is 0.829. The van der Waals surface area contributed by atoms with Crippen LogP contribution in [0, 0.1) is 0 Å². The lowest BCUT2D eigenvalue weighted by Crippen LogP contribution is -2.09. The van der Waals surface area contributed by atoms with Crippen LogP contribution in [0.5, 0.6) is 5.88 Å². The molecule has 1 unspecified atom stereocenters. The van der Waals surface area contributed by atoms with Crippen LogP contribution in [0.3, 0.4) is 0 Å². The Morgan fingerprint density at radius 1 is 1.05 bits per heavy atom. The third-order valence-corrected chi connectivity index (χ3v) is 3.53. The summed E-state index contributed by atoms with van der Waals surface area (Å²) in [6.07, 6.45) is 1.75. The minimum atomic E-state index is 0.203. The molecule has 0 saturated heterocycles. The third kappa shape index (κ3) is 3.97. The number of nitrogens with one attached hydrogen (secondary N) is 1. The van der Waals surface area contributed by atoms with E-state index >= 15 is 0 Å². The Balaban J connectivity index is 2.12. The van der Waals surface area contributed by atoms with Crippen molar-refractivity contribution in [1.29, 1.82) is 0 Å². The Hall–Kier alpha value is -2.03. The standard InChI is InChI=1S/C18H24N2O/c1-5-21-18-17(7-6-12-19-18)20-14(4)16-10-8-15(9-11-16)13(2)3/h6-14,20H,5H2,1-4H3. The average molecular weight is 284 g/mol. The molecule has 0 bridgehead atoms. The monoisotopic (exact) mass is 284 g/mol. The highest BCUT2D eigenvalue weighted by atomic mass is 16.5. The van der Waals surface area contributed by atoms with Crippen molar-refractivity contribution in [1.82, 2.24) is 4.98 Å². The lowest BCUT2D eigenvalue weighted by molar-refractivity contribution is 0.328. The third-order valence-electron chi connectivity index (χ3n) is 3.53. The van der Waals surface area contributed by atoms with Gasteiger partial charge in [0.05, 0.1) is 12.3 Å². The van der Waals surface area contributed by atoms with Crippen LogP contribution in [0.1, 0.15) is 50.8 Å². The maximum absolute atomic E-state index is 5.55. The van der Waals surface area contributed by atoms with Crippen molar-refractivity contribution in [3.63, 3.8) is 0 Å². The summed E-state index contributed by atoms with van der Waals surface area (Å²) in [7, 11) is 0. The van der Waals surface area contributed by atoms with E-state index in [-0.39, 0.29) is 6.04 Å². The molecule has 3 nitrogen and oxygen atoms in total. The zero-order chi connectivity index (χ0) is 15.2. The minimum absolute atomic E-state index is 0.203. The van der Waals surface area contributed by atoms with Gasteiger partial charge in [-0.05, 0) is 43.0 Å². The van der Waals surface area contributed by atoms with Crippen molar-refractivity contribution < 1.29 is 4.74 Å². The molecule has 1 aromatic heterocycles. The molecular formula is C18H24N2O. The highest BCUT2D eigenvalue weighted by molar-refractivity contribution is 5.53. The minimum Gasteiger partial charge on any atom is -0.476 e. The Morgan fingerprint density at radius 2 is 1.71 bits per heavy atom. The van der Waals surface area contributed by atoms with Gasteiger partial charge in [0, 0.05) is 12.2 Å². The molecule has 1 aromatic carbocycles. The number of hydrogen-bond donors (Lipinski definition) is 1. The first-order valence-corrected chi connectivity index (χ1v) is 7.56. The number of anilines is 1. The summed E-state index contributed by atoms with van der Waals surface area (Å²) >= 11 is 0. The van der Waals surface area contributed by atoms with Crippen molar-refractivity contribution in [3.8, 4) is 5.88 Å². The smallest absolute Gasteiger partial charge is 0.237 e. The van der Waals surface area contributed by atoms with Gasteiger partial charge in [-0.2, -0.15) is 0 Å². The van der Waals surface area contributed by atoms with Crippen LogP contribution in [-0.2, 0) is 0 Å². The predicted octanol–water partition coefficient (Wildman–Crippen LogP) is 4.78. The number of benzene rings is 1. The summed E-state index contributed by atoms with van der Waals surface area (Å²) in [6.45, 7) is 9.14. The molecule has 0 fully saturated rings. The molecule has 2 rings (SSSR count). The van der Waals surface area contributed by atoms with Crippen LogP contribution in [0.15, 0.2) is 42.6 Å². The first kappa shape index (κ1) is 15.4. The van der Waals surface area contributed by atoms with Crippen LogP contribution in [-0.4, -0.2) is 11.6 Å². The largest absolute Gasteiger partial charge is 0.476 e. The molecule has 3 heteroatoms. The molecule has 0 spiro atoms. The van der Waals surface area contributed by atoms with Crippen molar-refractivity contribution >= 4 is 5.69 Å². The number of hydrogen-bond acceptors (Lipinski definition) is 3. The zero-order valence-corrected chi connectivity index (χ0v) is 13.3. The van der Waals surface area contributed by atoms with Crippen molar-refractivity contribution in [2.24, 2.45) is 0 Å². The van der Waals surface area contributed by atoms with Gasteiger partial charge in [0.2, 0.25) is 5.88 Å². The van der Waals surface area contributed by atoms with Gasteiger partial charge in [0.25, 0.3) is 0 Å². The summed E-state index contributed by atoms with van der Waals surface area (Å²) in [5.41, 5.74) is 3.55. The molecule has 112 valence electrons. The summed E-state index contributed by atoms with van der Waals surface area (Å²) < 4.78 is 5.55. The normalized spacial score (nSPS) is 12.2. The van der Waals surface area contributed by atoms with E-state index in [1.807, 2.05) is 19.1 Å². The Kier molecular flexibility index (Phi) is 5.20. The van der Waals surface area contributed by atoms with Crippen molar-refractivity contribution in [2.75, 3.05) is 11.9 Å². The van der Waals surface area contributed by atoms with E-state index in [1.165, 1.54) is 11.1 Å². The van der Waals surface area contributed by atoms with Crippen LogP contribution in [0.2, 0.25) is 0 Å². The maximum atomic E-state index is 5.55. The second-order valence-electron chi connectivity index (χ2n) is 5.48. The Morgan fingerprint density at radius 3 is 2.33 bits per heavy atom. The second-order valence-corrected chi connectivity index (χ2v) is 5.48. The first-order valence-electron chi connectivity index (χ1n) is 7.56. The van der Waals surface area contributed by atoms with Gasteiger partial charge in [-0.1, -0.05) is 38.1 Å². The Labute approximate surface area is 127 Å². The summed E-state index contributed by atoms with van der Waals surface area (Å²) in [5.74, 6) is 1.22. The summed E-state index contributed by atoms with van der Waals surface area (Å²) in [5, 5.41) is 3.47. The SMILES string of the molecule is CCOc1ncccc1NC(C)c1ccc(C(C)C)cc1. The van der Waals surface area contributed by atoms with Gasteiger partial charge in [-0.15, -0.1) is 0 Å². The molecule has 1 atom stereocenters. The number of rotatable bonds is 6. The number of aromatic nitrogens is 1. The second kappa shape index (κ2) is 7.11. The highest BCUT2D eigenvalue weighted by Gasteiger charge is 2.10. The number of pyridine rings is 1. The van der Waals surface area contributed by atoms with Crippen molar-refractivity contribution in [2.45, 2.75) is 39.7 Å². The van der Waals surface area contributed by atoms with Gasteiger partial charge in [0.1, 0.15) is 0 Å². The van der Waals surface area contributed by atoms with Gasteiger partial charge in [-0.3, -0.25) is 0 Å². The van der Waals surface area contributed by atoms with E-state index < -0.39 is 0 Å². The lowest BCUT2D eigenvalue weighted by Gasteiger charge is -2.18. The summed E-state index contributed by atoms with van der Waals surface area (Å²) in [4.78, 5) is 4.27. The van der Waals surface area contributed by atoms with E-state index in [0.29, 0.717) is 18.4 Å². The van der Waals surface area contributed by atoms with E-state index in [2.05, 4.69) is 55.3 Å². The molecule has 0 saturated carbocycles. The molecule has 2 aromatic rings. The molecule has 0 aliphatic carbocycles.